The molecular formula is C11H8HgO2. The molecule has 0 spiro atoms. The van der Waals surface area contributed by atoms with Gasteiger partial charge in [-0.05, 0) is 16.8 Å². The molecular weight excluding hydrogens is 365 g/mol. The molecule has 0 aliphatic heterocycles. The fourth-order valence-corrected chi connectivity index (χ4v) is 1.41. The summed E-state index contributed by atoms with van der Waals surface area (Å²) in [6, 6.07) is 12.7. The minimum atomic E-state index is -0.878. The Morgan fingerprint density at radius 2 is 1.64 bits per heavy atom. The normalized spacial score (nSPS) is 9.43. The van der Waals surface area contributed by atoms with Gasteiger partial charge in [0.2, 0.25) is 0 Å². The molecule has 2 rings (SSSR count). The van der Waals surface area contributed by atoms with Crippen molar-refractivity contribution in [2.75, 3.05) is 0 Å². The van der Waals surface area contributed by atoms with Crippen molar-refractivity contribution < 1.29 is 37.6 Å². The summed E-state index contributed by atoms with van der Waals surface area (Å²) in [6.45, 7) is 0. The number of fused-ring (bicyclic) bond motifs is 1. The molecule has 0 bridgehead atoms. The van der Waals surface area contributed by atoms with E-state index in [-0.39, 0.29) is 27.7 Å². The first-order valence-electron chi connectivity index (χ1n) is 4.00. The summed E-state index contributed by atoms with van der Waals surface area (Å²) < 4.78 is 0. The summed E-state index contributed by atoms with van der Waals surface area (Å²) in [5.41, 5.74) is 0.359. The van der Waals surface area contributed by atoms with Crippen LogP contribution in [-0.2, 0) is 27.7 Å². The number of hydrogen-bond acceptors (Lipinski definition) is 1. The van der Waals surface area contributed by atoms with Crippen molar-refractivity contribution in [2.45, 2.75) is 0 Å². The largest absolute Gasteiger partial charge is 0.478 e. The van der Waals surface area contributed by atoms with E-state index >= 15 is 0 Å². The topological polar surface area (TPSA) is 37.3 Å². The zero-order valence-corrected chi connectivity index (χ0v) is 13.1. The van der Waals surface area contributed by atoms with E-state index in [9.17, 15) is 4.79 Å². The fraction of sp³-hybridized carbons (Fsp3) is 0. The van der Waals surface area contributed by atoms with Crippen LogP contribution in [0.1, 0.15) is 10.4 Å². The Balaban J connectivity index is 0.000000980. The zero-order valence-electron chi connectivity index (χ0n) is 7.60. The van der Waals surface area contributed by atoms with Gasteiger partial charge in [0.25, 0.3) is 0 Å². The fourth-order valence-electron chi connectivity index (χ4n) is 1.41. The molecule has 1 N–H and O–H groups in total. The van der Waals surface area contributed by atoms with Crippen LogP contribution < -0.4 is 0 Å². The van der Waals surface area contributed by atoms with Crippen molar-refractivity contribution in [1.82, 2.24) is 0 Å². The van der Waals surface area contributed by atoms with E-state index in [0.29, 0.717) is 5.56 Å². The maximum Gasteiger partial charge on any atom is 0.336 e. The van der Waals surface area contributed by atoms with Crippen molar-refractivity contribution in [3.63, 3.8) is 0 Å². The van der Waals surface area contributed by atoms with Gasteiger partial charge in [0.15, 0.2) is 0 Å². The molecule has 0 aromatic heterocycles. The van der Waals surface area contributed by atoms with Gasteiger partial charge in [-0.1, -0.05) is 36.4 Å². The molecule has 2 aromatic carbocycles. The minimum absolute atomic E-state index is 0. The first kappa shape index (κ1) is 11.2. The summed E-state index contributed by atoms with van der Waals surface area (Å²) >= 11 is 0. The summed E-state index contributed by atoms with van der Waals surface area (Å²) in [5, 5.41) is 10.6. The maximum atomic E-state index is 10.8. The molecule has 66 valence electrons. The Morgan fingerprint density at radius 1 is 1.00 bits per heavy atom. The van der Waals surface area contributed by atoms with Crippen LogP contribution in [0.25, 0.3) is 10.8 Å². The van der Waals surface area contributed by atoms with Gasteiger partial charge in [0, 0.05) is 27.7 Å². The second-order valence-electron chi connectivity index (χ2n) is 2.83. The molecule has 2 nitrogen and oxygen atoms in total. The predicted octanol–water partition coefficient (Wildman–Crippen LogP) is 2.54. The number of rotatable bonds is 1. The molecule has 0 aliphatic rings. The smallest absolute Gasteiger partial charge is 0.336 e. The minimum Gasteiger partial charge on any atom is -0.478 e. The third-order valence-electron chi connectivity index (χ3n) is 2.02. The van der Waals surface area contributed by atoms with Crippen LogP contribution in [0.3, 0.4) is 0 Å². The van der Waals surface area contributed by atoms with Gasteiger partial charge in [-0.15, -0.1) is 0 Å². The molecule has 0 saturated heterocycles. The Labute approximate surface area is 102 Å². The maximum absolute atomic E-state index is 10.8. The first-order valence-corrected chi connectivity index (χ1v) is 4.00. The van der Waals surface area contributed by atoms with Crippen molar-refractivity contribution in [2.24, 2.45) is 0 Å². The molecule has 0 heterocycles. The van der Waals surface area contributed by atoms with E-state index in [1.54, 1.807) is 12.1 Å². The second-order valence-corrected chi connectivity index (χ2v) is 2.83. The molecule has 0 fully saturated rings. The van der Waals surface area contributed by atoms with Crippen LogP contribution in [0, 0.1) is 0 Å². The van der Waals surface area contributed by atoms with E-state index in [0.717, 1.165) is 10.8 Å². The van der Waals surface area contributed by atoms with Crippen LogP contribution >= 0.6 is 0 Å². The Morgan fingerprint density at radius 3 is 2.36 bits per heavy atom. The van der Waals surface area contributed by atoms with Gasteiger partial charge in [0.05, 0.1) is 5.56 Å². The average Bonchev–Trinajstić information content (AvgIpc) is 2.17. The molecule has 0 amide bonds. The monoisotopic (exact) mass is 374 g/mol. The van der Waals surface area contributed by atoms with Crippen LogP contribution in [0.5, 0.6) is 0 Å². The third-order valence-corrected chi connectivity index (χ3v) is 2.02. The number of carboxylic acids is 1. The number of benzene rings is 2. The van der Waals surface area contributed by atoms with Crippen molar-refractivity contribution in [3.05, 3.63) is 48.0 Å². The summed E-state index contributed by atoms with van der Waals surface area (Å²) in [4.78, 5) is 10.8. The number of hydrogen-bond donors (Lipinski definition) is 1. The molecule has 0 radical (unpaired) electrons. The zero-order chi connectivity index (χ0) is 9.26. The molecule has 3 heteroatoms. The van der Waals surface area contributed by atoms with Crippen LogP contribution in [0.2, 0.25) is 0 Å². The van der Waals surface area contributed by atoms with E-state index < -0.39 is 5.97 Å². The van der Waals surface area contributed by atoms with Crippen LogP contribution in [0.15, 0.2) is 42.5 Å². The molecule has 14 heavy (non-hydrogen) atoms. The molecule has 0 saturated carbocycles. The van der Waals surface area contributed by atoms with Crippen molar-refractivity contribution >= 4 is 16.7 Å². The Hall–Kier alpha value is -0.895. The van der Waals surface area contributed by atoms with E-state index in [4.69, 9.17) is 5.11 Å². The van der Waals surface area contributed by atoms with Gasteiger partial charge >= 0.3 is 5.97 Å². The Kier molecular flexibility index (Phi) is 3.64. The van der Waals surface area contributed by atoms with Crippen molar-refractivity contribution in [1.29, 1.82) is 0 Å². The molecule has 0 atom stereocenters. The van der Waals surface area contributed by atoms with Gasteiger partial charge in [-0.3, -0.25) is 0 Å². The number of carbonyl (C=O) groups is 1. The molecule has 0 aliphatic carbocycles. The van der Waals surface area contributed by atoms with E-state index in [2.05, 4.69) is 0 Å². The summed E-state index contributed by atoms with van der Waals surface area (Å²) in [5.74, 6) is -0.878. The van der Waals surface area contributed by atoms with Gasteiger partial charge in [-0.25, -0.2) is 4.79 Å². The quantitative estimate of drug-likeness (QED) is 0.781. The van der Waals surface area contributed by atoms with Gasteiger partial charge < -0.3 is 5.11 Å². The first-order chi connectivity index (χ1) is 6.29. The van der Waals surface area contributed by atoms with E-state index in [1.807, 2.05) is 30.3 Å². The summed E-state index contributed by atoms with van der Waals surface area (Å²) in [7, 11) is 0. The Bertz CT molecular complexity index is 460. The predicted molar refractivity (Wildman–Crippen MR) is 50.9 cm³/mol. The van der Waals surface area contributed by atoms with Crippen LogP contribution in [-0.4, -0.2) is 11.1 Å². The third kappa shape index (κ3) is 1.95. The molecule has 0 unspecified atom stereocenters. The van der Waals surface area contributed by atoms with Gasteiger partial charge in [-0.2, -0.15) is 0 Å². The molecule has 2 aromatic rings. The van der Waals surface area contributed by atoms with Crippen molar-refractivity contribution in [3.8, 4) is 0 Å². The van der Waals surface area contributed by atoms with E-state index in [1.165, 1.54) is 0 Å². The number of carboxylic acid groups (broad SMARTS) is 1. The van der Waals surface area contributed by atoms with Gasteiger partial charge in [0.1, 0.15) is 0 Å². The standard InChI is InChI=1S/C11H8O2.Hg/c12-11(13)10-7-3-5-8-4-1-2-6-9(8)10;/h1-7H,(H,12,13);. The SMILES string of the molecule is O=C(O)c1cccc2ccccc12.[Hg]. The van der Waals surface area contributed by atoms with Crippen LogP contribution in [0.4, 0.5) is 0 Å². The average molecular weight is 373 g/mol. The summed E-state index contributed by atoms with van der Waals surface area (Å²) in [6.07, 6.45) is 0. The second kappa shape index (κ2) is 4.55. The number of aromatic carboxylic acids is 1.